The molecule has 6 nitrogen and oxygen atoms in total. The molecule has 26 heavy (non-hydrogen) atoms. The van der Waals surface area contributed by atoms with E-state index in [1.807, 2.05) is 0 Å². The van der Waals surface area contributed by atoms with E-state index >= 15 is 0 Å². The summed E-state index contributed by atoms with van der Waals surface area (Å²) in [4.78, 5) is 16.0. The Kier molecular flexibility index (Phi) is 5.47. The number of benzene rings is 1. The zero-order chi connectivity index (χ0) is 18.7. The van der Waals surface area contributed by atoms with E-state index in [2.05, 4.69) is 10.3 Å². The number of hydrogen-bond donors (Lipinski definition) is 1. The fraction of sp³-hybridized carbons (Fsp3) is 0.529. The second-order valence-corrected chi connectivity index (χ2v) is 6.22. The molecule has 0 radical (unpaired) electrons. The lowest BCUT2D eigenvalue weighted by Gasteiger charge is -2.10. The van der Waals surface area contributed by atoms with Gasteiger partial charge in [0.25, 0.3) is 0 Å². The number of nitrogens with zero attached hydrogens (tertiary/aromatic N) is 2. The van der Waals surface area contributed by atoms with Crippen LogP contribution in [0.15, 0.2) is 18.2 Å². The van der Waals surface area contributed by atoms with Crippen molar-refractivity contribution < 1.29 is 27.4 Å². The van der Waals surface area contributed by atoms with Gasteiger partial charge < -0.3 is 19.4 Å². The Bertz CT molecular complexity index is 783. The molecule has 2 heterocycles. The summed E-state index contributed by atoms with van der Waals surface area (Å²) < 4.78 is 50.8. The number of rotatable bonds is 6. The molecule has 142 valence electrons. The summed E-state index contributed by atoms with van der Waals surface area (Å²) in [5, 5.41) is 2.66. The first-order valence-electron chi connectivity index (χ1n) is 8.33. The van der Waals surface area contributed by atoms with Crippen LogP contribution in [0.1, 0.15) is 24.2 Å². The highest BCUT2D eigenvalue weighted by Gasteiger charge is 2.31. The Hall–Kier alpha value is -2.13. The van der Waals surface area contributed by atoms with Crippen molar-refractivity contribution in [3.63, 3.8) is 0 Å². The van der Waals surface area contributed by atoms with Gasteiger partial charge in [0.15, 0.2) is 0 Å². The van der Waals surface area contributed by atoms with Gasteiger partial charge in [-0.15, -0.1) is 0 Å². The van der Waals surface area contributed by atoms with E-state index in [4.69, 9.17) is 9.47 Å². The van der Waals surface area contributed by atoms with Crippen molar-refractivity contribution in [2.45, 2.75) is 31.7 Å². The Morgan fingerprint density at radius 1 is 1.46 bits per heavy atom. The van der Waals surface area contributed by atoms with Crippen LogP contribution in [0.25, 0.3) is 11.0 Å². The van der Waals surface area contributed by atoms with E-state index in [0.717, 1.165) is 31.6 Å². The maximum absolute atomic E-state index is 12.8. The van der Waals surface area contributed by atoms with Gasteiger partial charge in [-0.25, -0.2) is 4.98 Å². The van der Waals surface area contributed by atoms with Gasteiger partial charge in [0.05, 0.1) is 35.9 Å². The van der Waals surface area contributed by atoms with Crippen molar-refractivity contribution in [1.29, 1.82) is 0 Å². The minimum absolute atomic E-state index is 0.0467. The van der Waals surface area contributed by atoms with E-state index in [9.17, 15) is 18.0 Å². The van der Waals surface area contributed by atoms with Gasteiger partial charge in [0.1, 0.15) is 12.4 Å². The van der Waals surface area contributed by atoms with Crippen LogP contribution in [0.4, 0.5) is 13.2 Å². The number of carbonyl (C=O) groups excluding carboxylic acids is 1. The molecule has 1 aliphatic heterocycles. The maximum Gasteiger partial charge on any atom is 0.416 e. The second kappa shape index (κ2) is 7.63. The molecule has 0 unspecified atom stereocenters. The van der Waals surface area contributed by atoms with Gasteiger partial charge in [-0.1, -0.05) is 0 Å². The number of hydrogen-bond acceptors (Lipinski definition) is 4. The summed E-state index contributed by atoms with van der Waals surface area (Å²) in [6.07, 6.45) is -2.43. The normalized spacial score (nSPS) is 17.8. The highest BCUT2D eigenvalue weighted by Crippen LogP contribution is 2.31. The summed E-state index contributed by atoms with van der Waals surface area (Å²) in [6, 6.07) is 3.40. The van der Waals surface area contributed by atoms with Gasteiger partial charge in [-0.3, -0.25) is 4.79 Å². The van der Waals surface area contributed by atoms with E-state index < -0.39 is 11.7 Å². The highest BCUT2D eigenvalue weighted by molar-refractivity contribution is 5.78. The Balaban J connectivity index is 1.56. The minimum atomic E-state index is -4.42. The van der Waals surface area contributed by atoms with Gasteiger partial charge in [-0.2, -0.15) is 13.2 Å². The van der Waals surface area contributed by atoms with E-state index in [-0.39, 0.29) is 30.7 Å². The van der Waals surface area contributed by atoms with Gasteiger partial charge in [0.2, 0.25) is 5.91 Å². The van der Waals surface area contributed by atoms with Crippen LogP contribution in [0.5, 0.6) is 0 Å². The first kappa shape index (κ1) is 18.7. The Morgan fingerprint density at radius 3 is 2.96 bits per heavy atom. The van der Waals surface area contributed by atoms with Crippen LogP contribution in [-0.4, -0.2) is 41.4 Å². The third kappa shape index (κ3) is 4.34. The predicted octanol–water partition coefficient (Wildman–Crippen LogP) is 2.40. The SMILES string of the molecule is Cn1c(CNC(=O)COC[C@@H]2CCCO2)nc2cc(C(F)(F)F)ccc21. The van der Waals surface area contributed by atoms with Crippen molar-refractivity contribution >= 4 is 16.9 Å². The zero-order valence-corrected chi connectivity index (χ0v) is 14.3. The number of nitrogens with one attached hydrogen (secondary N) is 1. The van der Waals surface area contributed by atoms with E-state index in [1.165, 1.54) is 6.07 Å². The lowest BCUT2D eigenvalue weighted by atomic mass is 10.2. The predicted molar refractivity (Wildman–Crippen MR) is 87.4 cm³/mol. The lowest BCUT2D eigenvalue weighted by Crippen LogP contribution is -2.29. The van der Waals surface area contributed by atoms with Crippen LogP contribution in [0, 0.1) is 0 Å². The van der Waals surface area contributed by atoms with Crippen molar-refractivity contribution in [2.75, 3.05) is 19.8 Å². The lowest BCUT2D eigenvalue weighted by molar-refractivity contribution is -0.137. The molecule has 1 atom stereocenters. The first-order valence-corrected chi connectivity index (χ1v) is 8.33. The molecule has 9 heteroatoms. The summed E-state index contributed by atoms with van der Waals surface area (Å²) >= 11 is 0. The highest BCUT2D eigenvalue weighted by atomic mass is 19.4. The summed E-state index contributed by atoms with van der Waals surface area (Å²) in [5.41, 5.74) is 0.0549. The molecule has 2 aromatic rings. The third-order valence-corrected chi connectivity index (χ3v) is 4.31. The molecule has 0 saturated carbocycles. The molecule has 1 saturated heterocycles. The number of amides is 1. The Morgan fingerprint density at radius 2 is 2.27 bits per heavy atom. The maximum atomic E-state index is 12.8. The summed E-state index contributed by atoms with van der Waals surface area (Å²) in [6.45, 7) is 1.11. The Labute approximate surface area is 148 Å². The van der Waals surface area contributed by atoms with Crippen LogP contribution < -0.4 is 5.32 Å². The zero-order valence-electron chi connectivity index (χ0n) is 14.3. The number of ether oxygens (including phenoxy) is 2. The topological polar surface area (TPSA) is 65.4 Å². The third-order valence-electron chi connectivity index (χ3n) is 4.31. The standard InChI is InChI=1S/C17H20F3N3O3/c1-23-14-5-4-11(17(18,19)20)7-13(14)22-15(23)8-21-16(24)10-25-9-12-3-2-6-26-12/h4-5,7,12H,2-3,6,8-10H2,1H3,(H,21,24)/t12-/m0/s1. The molecule has 1 N–H and O–H groups in total. The number of fused-ring (bicyclic) bond motifs is 1. The van der Waals surface area contributed by atoms with Crippen LogP contribution in [0.2, 0.25) is 0 Å². The molecular formula is C17H20F3N3O3. The smallest absolute Gasteiger partial charge is 0.376 e. The van der Waals surface area contributed by atoms with Gasteiger partial charge in [0, 0.05) is 13.7 Å². The number of aryl methyl sites for hydroxylation is 1. The van der Waals surface area contributed by atoms with Crippen molar-refractivity contribution in [2.24, 2.45) is 7.05 Å². The fourth-order valence-corrected chi connectivity index (χ4v) is 2.87. The molecule has 0 bridgehead atoms. The van der Waals surface area contributed by atoms with Crippen LogP contribution in [0.3, 0.4) is 0 Å². The molecule has 1 fully saturated rings. The first-order chi connectivity index (χ1) is 12.3. The molecule has 0 spiro atoms. The molecule has 1 aliphatic rings. The molecule has 1 amide bonds. The molecule has 1 aromatic carbocycles. The average molecular weight is 371 g/mol. The van der Waals surface area contributed by atoms with Crippen molar-refractivity contribution in [3.8, 4) is 0 Å². The van der Waals surface area contributed by atoms with Crippen molar-refractivity contribution in [3.05, 3.63) is 29.6 Å². The number of imidazole rings is 1. The summed E-state index contributed by atoms with van der Waals surface area (Å²) in [5.74, 6) is 0.151. The van der Waals surface area contributed by atoms with Gasteiger partial charge >= 0.3 is 6.18 Å². The number of alkyl halides is 3. The van der Waals surface area contributed by atoms with E-state index in [0.29, 0.717) is 17.9 Å². The average Bonchev–Trinajstić information content (AvgIpc) is 3.20. The number of halogens is 3. The molecular weight excluding hydrogens is 351 g/mol. The summed E-state index contributed by atoms with van der Waals surface area (Å²) in [7, 11) is 1.69. The molecule has 1 aromatic heterocycles. The molecule has 3 rings (SSSR count). The largest absolute Gasteiger partial charge is 0.416 e. The van der Waals surface area contributed by atoms with Crippen LogP contribution >= 0.6 is 0 Å². The quantitative estimate of drug-likeness (QED) is 0.847. The molecule has 0 aliphatic carbocycles. The van der Waals surface area contributed by atoms with Crippen LogP contribution in [-0.2, 0) is 34.0 Å². The second-order valence-electron chi connectivity index (χ2n) is 6.22. The fourth-order valence-electron chi connectivity index (χ4n) is 2.87. The van der Waals surface area contributed by atoms with Crippen molar-refractivity contribution in [1.82, 2.24) is 14.9 Å². The minimum Gasteiger partial charge on any atom is -0.376 e. The van der Waals surface area contributed by atoms with E-state index in [1.54, 1.807) is 11.6 Å². The number of aromatic nitrogens is 2. The number of carbonyl (C=O) groups is 1. The monoisotopic (exact) mass is 371 g/mol. The van der Waals surface area contributed by atoms with Gasteiger partial charge in [-0.05, 0) is 31.0 Å².